The minimum absolute atomic E-state index is 0.0651. The van der Waals surface area contributed by atoms with Crippen molar-refractivity contribution >= 4 is 15.5 Å². The van der Waals surface area contributed by atoms with Crippen molar-refractivity contribution in [2.24, 2.45) is 5.11 Å². The van der Waals surface area contributed by atoms with Gasteiger partial charge in [-0.1, -0.05) is 17.2 Å². The number of sulfone groups is 1. The summed E-state index contributed by atoms with van der Waals surface area (Å²) in [5.41, 5.74) is 9.19. The highest BCUT2D eigenvalue weighted by Crippen LogP contribution is 2.25. The zero-order valence-electron chi connectivity index (χ0n) is 7.80. The molecule has 0 spiro atoms. The Hall–Kier alpha value is -1.52. The Kier molecular flexibility index (Phi) is 2.78. The molecule has 0 radical (unpaired) electrons. The second kappa shape index (κ2) is 3.69. The van der Waals surface area contributed by atoms with Crippen molar-refractivity contribution in [1.29, 1.82) is 0 Å². The van der Waals surface area contributed by atoms with Crippen molar-refractivity contribution < 1.29 is 8.42 Å². The molecule has 0 bridgehead atoms. The number of nitrogens with zero attached hydrogens (tertiary/aromatic N) is 3. The maximum atomic E-state index is 11.3. The molecule has 1 rings (SSSR count). The zero-order chi connectivity index (χ0) is 10.8. The van der Waals surface area contributed by atoms with Gasteiger partial charge in [-0.2, -0.15) is 0 Å². The summed E-state index contributed by atoms with van der Waals surface area (Å²) in [4.78, 5) is 2.64. The predicted molar refractivity (Wildman–Crippen MR) is 53.1 cm³/mol. The molecule has 74 valence electrons. The van der Waals surface area contributed by atoms with E-state index in [0.29, 0.717) is 0 Å². The number of rotatable bonds is 2. The third-order valence-electron chi connectivity index (χ3n) is 1.67. The van der Waals surface area contributed by atoms with Gasteiger partial charge in [0.1, 0.15) is 0 Å². The molecule has 1 aromatic carbocycles. The largest absolute Gasteiger partial charge is 0.224 e. The molecule has 1 aromatic rings. The van der Waals surface area contributed by atoms with Crippen molar-refractivity contribution in [3.05, 3.63) is 34.2 Å². The lowest BCUT2D eigenvalue weighted by atomic mass is 10.2. The first-order valence-corrected chi connectivity index (χ1v) is 5.70. The summed E-state index contributed by atoms with van der Waals surface area (Å²) < 4.78 is 22.6. The summed E-state index contributed by atoms with van der Waals surface area (Å²) in [6.07, 6.45) is 1.08. The smallest absolute Gasteiger partial charge is 0.175 e. The summed E-state index contributed by atoms with van der Waals surface area (Å²) in [7, 11) is -3.34. The predicted octanol–water partition coefficient (Wildman–Crippen LogP) is 2.34. The molecule has 5 nitrogen and oxygen atoms in total. The second-order valence-corrected chi connectivity index (χ2v) is 4.92. The molecule has 0 atom stereocenters. The first-order chi connectivity index (χ1) is 6.45. The van der Waals surface area contributed by atoms with Crippen LogP contribution in [0.25, 0.3) is 10.4 Å². The van der Waals surface area contributed by atoms with Crippen LogP contribution < -0.4 is 0 Å². The monoisotopic (exact) mass is 211 g/mol. The standard InChI is InChI=1S/C8H9N3O2S/c1-6-3-4-7(10-11-9)8(5-6)14(2,12)13/h3-5H,1-2H3. The van der Waals surface area contributed by atoms with E-state index < -0.39 is 9.84 Å². The third-order valence-corrected chi connectivity index (χ3v) is 2.79. The van der Waals surface area contributed by atoms with E-state index in [9.17, 15) is 8.42 Å². The number of hydrogen-bond acceptors (Lipinski definition) is 3. The maximum Gasteiger partial charge on any atom is 0.175 e. The Balaban J connectivity index is 3.53. The van der Waals surface area contributed by atoms with Crippen LogP contribution >= 0.6 is 0 Å². The summed E-state index contributed by atoms with van der Waals surface area (Å²) in [5, 5.41) is 3.32. The van der Waals surface area contributed by atoms with Gasteiger partial charge in [0.25, 0.3) is 0 Å². The van der Waals surface area contributed by atoms with Gasteiger partial charge in [-0.25, -0.2) is 8.42 Å². The van der Waals surface area contributed by atoms with Crippen LogP contribution in [0.4, 0.5) is 5.69 Å². The van der Waals surface area contributed by atoms with Gasteiger partial charge >= 0.3 is 0 Å². The Labute approximate surface area is 81.9 Å². The fourth-order valence-corrected chi connectivity index (χ4v) is 1.94. The molecular formula is C8H9N3O2S. The molecular weight excluding hydrogens is 202 g/mol. The summed E-state index contributed by atoms with van der Waals surface area (Å²) in [6.45, 7) is 1.77. The van der Waals surface area contributed by atoms with Gasteiger partial charge in [-0.05, 0) is 24.1 Å². The highest BCUT2D eigenvalue weighted by molar-refractivity contribution is 7.90. The summed E-state index contributed by atoms with van der Waals surface area (Å²) >= 11 is 0. The van der Waals surface area contributed by atoms with Gasteiger partial charge in [0, 0.05) is 11.2 Å². The van der Waals surface area contributed by atoms with E-state index in [-0.39, 0.29) is 10.6 Å². The second-order valence-electron chi connectivity index (χ2n) is 2.93. The molecule has 0 aromatic heterocycles. The Bertz CT molecular complexity index is 501. The van der Waals surface area contributed by atoms with E-state index in [1.54, 1.807) is 13.0 Å². The molecule has 0 N–H and O–H groups in total. The van der Waals surface area contributed by atoms with Crippen LogP contribution in [0.5, 0.6) is 0 Å². The average molecular weight is 211 g/mol. The van der Waals surface area contributed by atoms with E-state index in [1.807, 2.05) is 0 Å². The molecule has 0 fully saturated rings. The number of aryl methyl sites for hydroxylation is 1. The van der Waals surface area contributed by atoms with Gasteiger partial charge < -0.3 is 0 Å². The van der Waals surface area contributed by atoms with E-state index >= 15 is 0 Å². The molecule has 0 unspecified atom stereocenters. The van der Waals surface area contributed by atoms with E-state index in [1.165, 1.54) is 12.1 Å². The van der Waals surface area contributed by atoms with Crippen molar-refractivity contribution in [2.75, 3.05) is 6.26 Å². The van der Waals surface area contributed by atoms with Crippen LogP contribution in [-0.2, 0) is 9.84 Å². The number of azide groups is 1. The molecule has 6 heteroatoms. The van der Waals surface area contributed by atoms with Gasteiger partial charge in [-0.15, -0.1) is 0 Å². The normalized spacial score (nSPS) is 10.7. The molecule has 0 heterocycles. The van der Waals surface area contributed by atoms with Crippen LogP contribution in [-0.4, -0.2) is 14.7 Å². The molecule has 0 saturated carbocycles. The first kappa shape index (κ1) is 10.6. The topological polar surface area (TPSA) is 82.9 Å². The van der Waals surface area contributed by atoms with Gasteiger partial charge in [0.15, 0.2) is 9.84 Å². The maximum absolute atomic E-state index is 11.3. The van der Waals surface area contributed by atoms with Gasteiger partial charge in [0.05, 0.1) is 10.6 Å². The zero-order valence-corrected chi connectivity index (χ0v) is 8.61. The van der Waals surface area contributed by atoms with Crippen LogP contribution in [0, 0.1) is 6.92 Å². The van der Waals surface area contributed by atoms with Crippen LogP contribution in [0.1, 0.15) is 5.56 Å². The lowest BCUT2D eigenvalue weighted by Crippen LogP contribution is -1.97. The highest BCUT2D eigenvalue weighted by Gasteiger charge is 2.11. The van der Waals surface area contributed by atoms with Gasteiger partial charge in [-0.3, -0.25) is 0 Å². The van der Waals surface area contributed by atoms with Crippen molar-refractivity contribution in [3.63, 3.8) is 0 Å². The molecule has 0 aliphatic heterocycles. The summed E-state index contributed by atoms with van der Waals surface area (Å²) in [5.74, 6) is 0. The lowest BCUT2D eigenvalue weighted by molar-refractivity contribution is 0.602. The van der Waals surface area contributed by atoms with Crippen molar-refractivity contribution in [3.8, 4) is 0 Å². The fraction of sp³-hybridized carbons (Fsp3) is 0.250. The molecule has 14 heavy (non-hydrogen) atoms. The van der Waals surface area contributed by atoms with Crippen LogP contribution in [0.2, 0.25) is 0 Å². The van der Waals surface area contributed by atoms with E-state index in [2.05, 4.69) is 10.0 Å². The van der Waals surface area contributed by atoms with Crippen LogP contribution in [0.3, 0.4) is 0 Å². The van der Waals surface area contributed by atoms with E-state index in [0.717, 1.165) is 11.8 Å². The molecule has 0 aliphatic rings. The number of benzene rings is 1. The van der Waals surface area contributed by atoms with Crippen molar-refractivity contribution in [1.82, 2.24) is 0 Å². The highest BCUT2D eigenvalue weighted by atomic mass is 32.2. The van der Waals surface area contributed by atoms with Crippen molar-refractivity contribution in [2.45, 2.75) is 11.8 Å². The third kappa shape index (κ3) is 2.25. The molecule has 0 amide bonds. The summed E-state index contributed by atoms with van der Waals surface area (Å²) in [6, 6.07) is 4.67. The van der Waals surface area contributed by atoms with Gasteiger partial charge in [0.2, 0.25) is 0 Å². The lowest BCUT2D eigenvalue weighted by Gasteiger charge is -2.03. The SMILES string of the molecule is Cc1ccc(N=[N+]=[N-])c(S(C)(=O)=O)c1. The quantitative estimate of drug-likeness (QED) is 0.427. The minimum atomic E-state index is -3.34. The number of hydrogen-bond donors (Lipinski definition) is 0. The molecule has 0 aliphatic carbocycles. The van der Waals surface area contributed by atoms with Crippen LogP contribution in [0.15, 0.2) is 28.2 Å². The van der Waals surface area contributed by atoms with E-state index in [4.69, 9.17) is 5.53 Å². The molecule has 0 saturated heterocycles. The Morgan fingerprint density at radius 2 is 2.07 bits per heavy atom. The Morgan fingerprint density at radius 3 is 2.57 bits per heavy atom. The first-order valence-electron chi connectivity index (χ1n) is 3.81. The Morgan fingerprint density at radius 1 is 1.43 bits per heavy atom. The average Bonchev–Trinajstić information content (AvgIpc) is 2.07. The fourth-order valence-electron chi connectivity index (χ4n) is 1.05. The minimum Gasteiger partial charge on any atom is -0.224 e.